The molecule has 0 aliphatic heterocycles. The summed E-state index contributed by atoms with van der Waals surface area (Å²) in [6, 6.07) is 17.6. The predicted octanol–water partition coefficient (Wildman–Crippen LogP) is 6.14. The molecule has 0 aliphatic rings. The molecule has 214 valence electrons. The standard InChI is InChI=1S/C30H35Cl2N3O4S/c1-6-22(4)33-30(37)23(5)34(18-24-10-7-9-21(3)17-24)28(36)19-35(27-12-8-11-26(31)29(27)32)40(38,39)25-15-13-20(2)14-16-25/h7-17,22-23H,6,18-19H2,1-5H3,(H,33,37)/t22-,23-/m1/s1. The second-order valence-electron chi connectivity index (χ2n) is 9.90. The van der Waals surface area contributed by atoms with Crippen LogP contribution in [0.4, 0.5) is 5.69 Å². The minimum Gasteiger partial charge on any atom is -0.352 e. The largest absolute Gasteiger partial charge is 0.352 e. The Hall–Kier alpha value is -3.07. The van der Waals surface area contributed by atoms with Crippen molar-refractivity contribution in [3.63, 3.8) is 0 Å². The van der Waals surface area contributed by atoms with Crippen LogP contribution in [0.3, 0.4) is 0 Å². The van der Waals surface area contributed by atoms with Gasteiger partial charge in [-0.3, -0.25) is 13.9 Å². The Morgan fingerprint density at radius 3 is 2.20 bits per heavy atom. The van der Waals surface area contributed by atoms with Crippen LogP contribution in [0.25, 0.3) is 0 Å². The molecule has 0 aromatic heterocycles. The van der Waals surface area contributed by atoms with Crippen LogP contribution in [0.1, 0.15) is 43.9 Å². The van der Waals surface area contributed by atoms with E-state index in [0.29, 0.717) is 0 Å². The summed E-state index contributed by atoms with van der Waals surface area (Å²) in [5.74, 6) is -0.899. The van der Waals surface area contributed by atoms with Crippen LogP contribution >= 0.6 is 23.2 Å². The molecule has 0 bridgehead atoms. The molecule has 1 N–H and O–H groups in total. The summed E-state index contributed by atoms with van der Waals surface area (Å²) in [4.78, 5) is 28.5. The number of carbonyl (C=O) groups is 2. The number of anilines is 1. The summed E-state index contributed by atoms with van der Waals surface area (Å²) >= 11 is 12.7. The maximum atomic E-state index is 14.0. The van der Waals surface area contributed by atoms with Crippen LogP contribution in [0, 0.1) is 13.8 Å². The van der Waals surface area contributed by atoms with Crippen molar-refractivity contribution in [2.75, 3.05) is 10.8 Å². The Labute approximate surface area is 247 Å². The zero-order valence-corrected chi connectivity index (χ0v) is 25.6. The maximum Gasteiger partial charge on any atom is 0.264 e. The number of rotatable bonds is 11. The van der Waals surface area contributed by atoms with Crippen molar-refractivity contribution in [1.29, 1.82) is 0 Å². The lowest BCUT2D eigenvalue weighted by Crippen LogP contribution is -2.52. The van der Waals surface area contributed by atoms with Crippen molar-refractivity contribution in [1.82, 2.24) is 10.2 Å². The van der Waals surface area contributed by atoms with Gasteiger partial charge in [0.25, 0.3) is 10.0 Å². The van der Waals surface area contributed by atoms with Gasteiger partial charge in [0.05, 0.1) is 20.6 Å². The third-order valence-corrected chi connectivity index (χ3v) is 9.27. The zero-order chi connectivity index (χ0) is 29.6. The van der Waals surface area contributed by atoms with E-state index in [1.165, 1.54) is 29.2 Å². The smallest absolute Gasteiger partial charge is 0.264 e. The van der Waals surface area contributed by atoms with Crippen LogP contribution in [0.2, 0.25) is 10.0 Å². The number of nitrogens with zero attached hydrogens (tertiary/aromatic N) is 2. The normalized spacial score (nSPS) is 12.9. The lowest BCUT2D eigenvalue weighted by atomic mass is 10.1. The quantitative estimate of drug-likeness (QED) is 0.285. The van der Waals surface area contributed by atoms with Gasteiger partial charge in [0.2, 0.25) is 11.8 Å². The van der Waals surface area contributed by atoms with Crippen molar-refractivity contribution < 1.29 is 18.0 Å². The number of hydrogen-bond donors (Lipinski definition) is 1. The van der Waals surface area contributed by atoms with E-state index in [1.807, 2.05) is 52.0 Å². The lowest BCUT2D eigenvalue weighted by Gasteiger charge is -2.32. The first kappa shape index (κ1) is 31.5. The molecule has 3 aromatic carbocycles. The molecule has 0 fully saturated rings. The van der Waals surface area contributed by atoms with E-state index in [-0.39, 0.29) is 39.1 Å². The molecule has 0 unspecified atom stereocenters. The van der Waals surface area contributed by atoms with E-state index in [4.69, 9.17) is 23.2 Å². The molecule has 3 aromatic rings. The van der Waals surface area contributed by atoms with Gasteiger partial charge in [-0.2, -0.15) is 0 Å². The van der Waals surface area contributed by atoms with Gasteiger partial charge in [-0.05, 0) is 63.9 Å². The third kappa shape index (κ3) is 7.56. The first-order chi connectivity index (χ1) is 18.8. The predicted molar refractivity (Wildman–Crippen MR) is 161 cm³/mol. The molecular formula is C30H35Cl2N3O4S. The van der Waals surface area contributed by atoms with Crippen LogP contribution in [0.15, 0.2) is 71.6 Å². The summed E-state index contributed by atoms with van der Waals surface area (Å²) in [6.45, 7) is 8.77. The molecular weight excluding hydrogens is 569 g/mol. The Balaban J connectivity index is 2.07. The van der Waals surface area contributed by atoms with Crippen LogP contribution in [-0.4, -0.2) is 43.8 Å². The minimum absolute atomic E-state index is 0.000416. The summed E-state index contributed by atoms with van der Waals surface area (Å²) < 4.78 is 28.8. The first-order valence-corrected chi connectivity index (χ1v) is 15.2. The van der Waals surface area contributed by atoms with Crippen LogP contribution in [-0.2, 0) is 26.2 Å². The maximum absolute atomic E-state index is 14.0. The monoisotopic (exact) mass is 603 g/mol. The van der Waals surface area contributed by atoms with E-state index in [0.717, 1.165) is 27.4 Å². The van der Waals surface area contributed by atoms with Gasteiger partial charge in [0.15, 0.2) is 0 Å². The highest BCUT2D eigenvalue weighted by Gasteiger charge is 2.34. The topological polar surface area (TPSA) is 86.8 Å². The lowest BCUT2D eigenvalue weighted by molar-refractivity contribution is -0.139. The van der Waals surface area contributed by atoms with Crippen LogP contribution < -0.4 is 9.62 Å². The molecule has 10 heteroatoms. The highest BCUT2D eigenvalue weighted by atomic mass is 35.5. The Bertz CT molecular complexity index is 1460. The van der Waals surface area contributed by atoms with E-state index in [2.05, 4.69) is 5.32 Å². The fourth-order valence-electron chi connectivity index (χ4n) is 4.09. The number of carbonyl (C=O) groups excluding carboxylic acids is 2. The Morgan fingerprint density at radius 2 is 1.57 bits per heavy atom. The number of aryl methyl sites for hydroxylation is 2. The molecule has 0 saturated heterocycles. The molecule has 40 heavy (non-hydrogen) atoms. The van der Waals surface area contributed by atoms with Gasteiger partial charge in [-0.15, -0.1) is 0 Å². The molecule has 0 radical (unpaired) electrons. The average Bonchev–Trinajstić information content (AvgIpc) is 2.91. The summed E-state index contributed by atoms with van der Waals surface area (Å²) in [7, 11) is -4.25. The fourth-order valence-corrected chi connectivity index (χ4v) is 5.96. The molecule has 0 saturated carbocycles. The Kier molecular flexibility index (Phi) is 10.6. The van der Waals surface area contributed by atoms with E-state index in [1.54, 1.807) is 25.1 Å². The summed E-state index contributed by atoms with van der Waals surface area (Å²) in [5, 5.41) is 3.07. The molecule has 0 spiro atoms. The minimum atomic E-state index is -4.25. The molecule has 3 rings (SSSR count). The number of sulfonamides is 1. The third-order valence-electron chi connectivity index (χ3n) is 6.69. The van der Waals surface area contributed by atoms with E-state index >= 15 is 0 Å². The van der Waals surface area contributed by atoms with Gasteiger partial charge in [-0.1, -0.05) is 83.7 Å². The molecule has 0 heterocycles. The molecule has 7 nitrogen and oxygen atoms in total. The number of amides is 2. The van der Waals surface area contributed by atoms with Gasteiger partial charge in [0, 0.05) is 12.6 Å². The van der Waals surface area contributed by atoms with Crippen molar-refractivity contribution in [2.24, 2.45) is 0 Å². The zero-order valence-electron chi connectivity index (χ0n) is 23.3. The van der Waals surface area contributed by atoms with Crippen LogP contribution in [0.5, 0.6) is 0 Å². The Morgan fingerprint density at radius 1 is 0.925 bits per heavy atom. The first-order valence-electron chi connectivity index (χ1n) is 13.0. The number of benzene rings is 3. The average molecular weight is 605 g/mol. The second kappa shape index (κ2) is 13.5. The summed E-state index contributed by atoms with van der Waals surface area (Å²) in [6.07, 6.45) is 0.722. The molecule has 2 amide bonds. The highest BCUT2D eigenvalue weighted by molar-refractivity contribution is 7.92. The van der Waals surface area contributed by atoms with Crippen molar-refractivity contribution in [2.45, 2.75) is 64.6 Å². The fraction of sp³-hybridized carbons (Fsp3) is 0.333. The summed E-state index contributed by atoms with van der Waals surface area (Å²) in [5.41, 5.74) is 2.75. The van der Waals surface area contributed by atoms with Gasteiger partial charge >= 0.3 is 0 Å². The number of halogens is 2. The SMILES string of the molecule is CC[C@@H](C)NC(=O)[C@@H](C)N(Cc1cccc(C)c1)C(=O)CN(c1cccc(Cl)c1Cl)S(=O)(=O)c1ccc(C)cc1. The van der Waals surface area contributed by atoms with Gasteiger partial charge in [0.1, 0.15) is 12.6 Å². The van der Waals surface area contributed by atoms with Crippen molar-refractivity contribution in [3.8, 4) is 0 Å². The molecule has 2 atom stereocenters. The number of nitrogens with one attached hydrogen (secondary N) is 1. The van der Waals surface area contributed by atoms with Crippen molar-refractivity contribution in [3.05, 3.63) is 93.5 Å². The molecule has 0 aliphatic carbocycles. The highest BCUT2D eigenvalue weighted by Crippen LogP contribution is 2.35. The van der Waals surface area contributed by atoms with Gasteiger partial charge < -0.3 is 10.2 Å². The number of hydrogen-bond acceptors (Lipinski definition) is 4. The van der Waals surface area contributed by atoms with E-state index in [9.17, 15) is 18.0 Å². The second-order valence-corrected chi connectivity index (χ2v) is 12.5. The van der Waals surface area contributed by atoms with Crippen molar-refractivity contribution >= 4 is 50.7 Å². The van der Waals surface area contributed by atoms with Gasteiger partial charge in [-0.25, -0.2) is 8.42 Å². The van der Waals surface area contributed by atoms with E-state index < -0.39 is 28.5 Å².